The average molecular weight is 210 g/mol. The average Bonchev–Trinajstić information content (AvgIpc) is 2.77. The lowest BCUT2D eigenvalue weighted by Gasteiger charge is -2.01. The SMILES string of the molecule is O=c1[nH]cccc1-c1cccc2[nH]ccc12. The van der Waals surface area contributed by atoms with Crippen LogP contribution in [0.1, 0.15) is 0 Å². The molecule has 0 fully saturated rings. The molecule has 0 saturated carbocycles. The van der Waals surface area contributed by atoms with E-state index in [4.69, 9.17) is 0 Å². The summed E-state index contributed by atoms with van der Waals surface area (Å²) in [5.74, 6) is 0. The van der Waals surface area contributed by atoms with Crippen molar-refractivity contribution in [2.75, 3.05) is 0 Å². The number of H-pyrrole nitrogens is 2. The first-order valence-corrected chi connectivity index (χ1v) is 5.10. The van der Waals surface area contributed by atoms with Crippen LogP contribution in [0.2, 0.25) is 0 Å². The Morgan fingerprint density at radius 1 is 0.812 bits per heavy atom. The van der Waals surface area contributed by atoms with Crippen LogP contribution in [0.3, 0.4) is 0 Å². The van der Waals surface area contributed by atoms with Gasteiger partial charge in [0.2, 0.25) is 0 Å². The summed E-state index contributed by atoms with van der Waals surface area (Å²) in [4.78, 5) is 17.5. The maximum atomic E-state index is 11.7. The van der Waals surface area contributed by atoms with Crippen molar-refractivity contribution < 1.29 is 0 Å². The number of rotatable bonds is 1. The lowest BCUT2D eigenvalue weighted by Crippen LogP contribution is -2.06. The smallest absolute Gasteiger partial charge is 0.255 e. The van der Waals surface area contributed by atoms with Gasteiger partial charge in [0.05, 0.1) is 0 Å². The minimum Gasteiger partial charge on any atom is -0.361 e. The van der Waals surface area contributed by atoms with Gasteiger partial charge in [-0.1, -0.05) is 12.1 Å². The van der Waals surface area contributed by atoms with Crippen LogP contribution in [0.4, 0.5) is 0 Å². The molecule has 0 radical (unpaired) electrons. The van der Waals surface area contributed by atoms with Crippen LogP contribution in [-0.4, -0.2) is 9.97 Å². The van der Waals surface area contributed by atoms with E-state index < -0.39 is 0 Å². The number of aromatic nitrogens is 2. The fraction of sp³-hybridized carbons (Fsp3) is 0. The second-order valence-electron chi connectivity index (χ2n) is 3.66. The third kappa shape index (κ3) is 1.26. The number of fused-ring (bicyclic) bond motifs is 1. The predicted octanol–water partition coefficient (Wildman–Crippen LogP) is 2.52. The highest BCUT2D eigenvalue weighted by molar-refractivity contribution is 5.94. The molecule has 3 rings (SSSR count). The number of hydrogen-bond acceptors (Lipinski definition) is 1. The molecule has 3 heteroatoms. The van der Waals surface area contributed by atoms with Crippen molar-refractivity contribution >= 4 is 10.9 Å². The van der Waals surface area contributed by atoms with Crippen LogP contribution in [0.5, 0.6) is 0 Å². The van der Waals surface area contributed by atoms with Gasteiger partial charge in [0.1, 0.15) is 0 Å². The van der Waals surface area contributed by atoms with E-state index in [1.54, 1.807) is 6.20 Å². The van der Waals surface area contributed by atoms with Crippen molar-refractivity contribution in [3.05, 3.63) is 59.1 Å². The lowest BCUT2D eigenvalue weighted by atomic mass is 10.0. The highest BCUT2D eigenvalue weighted by Gasteiger charge is 2.06. The Kier molecular flexibility index (Phi) is 1.90. The zero-order valence-corrected chi connectivity index (χ0v) is 8.53. The maximum Gasteiger partial charge on any atom is 0.255 e. The van der Waals surface area contributed by atoms with E-state index in [-0.39, 0.29) is 5.56 Å². The van der Waals surface area contributed by atoms with Crippen LogP contribution in [-0.2, 0) is 0 Å². The summed E-state index contributed by atoms with van der Waals surface area (Å²) >= 11 is 0. The van der Waals surface area contributed by atoms with Crippen molar-refractivity contribution in [3.8, 4) is 11.1 Å². The molecule has 2 heterocycles. The lowest BCUT2D eigenvalue weighted by molar-refractivity contribution is 1.24. The molecule has 0 aliphatic heterocycles. The number of pyridine rings is 1. The molecule has 3 nitrogen and oxygen atoms in total. The third-order valence-electron chi connectivity index (χ3n) is 2.70. The topological polar surface area (TPSA) is 48.6 Å². The molecule has 0 spiro atoms. The van der Waals surface area contributed by atoms with Crippen molar-refractivity contribution in [2.24, 2.45) is 0 Å². The number of aromatic amines is 2. The highest BCUT2D eigenvalue weighted by atomic mass is 16.1. The van der Waals surface area contributed by atoms with Crippen LogP contribution in [0, 0.1) is 0 Å². The molecule has 0 bridgehead atoms. The van der Waals surface area contributed by atoms with Gasteiger partial charge in [-0.15, -0.1) is 0 Å². The van der Waals surface area contributed by atoms with E-state index in [1.807, 2.05) is 42.6 Å². The first-order valence-electron chi connectivity index (χ1n) is 5.10. The zero-order chi connectivity index (χ0) is 11.0. The van der Waals surface area contributed by atoms with E-state index in [9.17, 15) is 4.79 Å². The molecule has 78 valence electrons. The van der Waals surface area contributed by atoms with Crippen LogP contribution in [0.25, 0.3) is 22.0 Å². The van der Waals surface area contributed by atoms with Crippen LogP contribution in [0.15, 0.2) is 53.6 Å². The monoisotopic (exact) mass is 210 g/mol. The van der Waals surface area contributed by atoms with E-state index in [0.29, 0.717) is 5.56 Å². The molecular weight excluding hydrogens is 200 g/mol. The number of nitrogens with one attached hydrogen (secondary N) is 2. The molecule has 0 saturated heterocycles. The van der Waals surface area contributed by atoms with Crippen molar-refractivity contribution in [1.29, 1.82) is 0 Å². The zero-order valence-electron chi connectivity index (χ0n) is 8.53. The second-order valence-corrected chi connectivity index (χ2v) is 3.66. The van der Waals surface area contributed by atoms with Gasteiger partial charge in [0, 0.05) is 28.9 Å². The Morgan fingerprint density at radius 3 is 2.56 bits per heavy atom. The molecule has 2 N–H and O–H groups in total. The largest absolute Gasteiger partial charge is 0.361 e. The molecule has 1 aromatic carbocycles. The normalized spacial score (nSPS) is 10.8. The van der Waals surface area contributed by atoms with E-state index in [2.05, 4.69) is 9.97 Å². The summed E-state index contributed by atoms with van der Waals surface area (Å²) in [5, 5.41) is 1.07. The summed E-state index contributed by atoms with van der Waals surface area (Å²) < 4.78 is 0. The van der Waals surface area contributed by atoms with Gasteiger partial charge in [-0.25, -0.2) is 0 Å². The molecule has 2 aromatic heterocycles. The standard InChI is InChI=1S/C13H10N2O/c16-13-11(4-2-7-15-13)9-3-1-5-12-10(9)6-8-14-12/h1-8,14H,(H,15,16). The molecule has 0 atom stereocenters. The van der Waals surface area contributed by atoms with Gasteiger partial charge >= 0.3 is 0 Å². The fourth-order valence-electron chi connectivity index (χ4n) is 1.95. The summed E-state index contributed by atoms with van der Waals surface area (Å²) in [6, 6.07) is 11.6. The van der Waals surface area contributed by atoms with E-state index in [0.717, 1.165) is 16.5 Å². The maximum absolute atomic E-state index is 11.7. The van der Waals surface area contributed by atoms with Gasteiger partial charge in [-0.3, -0.25) is 4.79 Å². The number of hydrogen-bond donors (Lipinski definition) is 2. The molecule has 3 aromatic rings. The van der Waals surface area contributed by atoms with Crippen molar-refractivity contribution in [2.45, 2.75) is 0 Å². The summed E-state index contributed by atoms with van der Waals surface area (Å²) in [6.45, 7) is 0. The van der Waals surface area contributed by atoms with E-state index in [1.165, 1.54) is 0 Å². The minimum absolute atomic E-state index is 0.0591. The summed E-state index contributed by atoms with van der Waals surface area (Å²) in [5.41, 5.74) is 2.64. The third-order valence-corrected chi connectivity index (χ3v) is 2.70. The molecule has 0 aliphatic rings. The highest BCUT2D eigenvalue weighted by Crippen LogP contribution is 2.25. The second kappa shape index (κ2) is 3.38. The van der Waals surface area contributed by atoms with Gasteiger partial charge in [-0.2, -0.15) is 0 Å². The molecule has 0 amide bonds. The minimum atomic E-state index is -0.0591. The molecular formula is C13H10N2O. The number of benzene rings is 1. The van der Waals surface area contributed by atoms with Gasteiger partial charge in [0.25, 0.3) is 5.56 Å². The van der Waals surface area contributed by atoms with E-state index >= 15 is 0 Å². The Labute approximate surface area is 91.8 Å². The van der Waals surface area contributed by atoms with Crippen molar-refractivity contribution in [1.82, 2.24) is 9.97 Å². The Bertz CT molecular complexity index is 694. The fourth-order valence-corrected chi connectivity index (χ4v) is 1.95. The van der Waals surface area contributed by atoms with Crippen molar-refractivity contribution in [3.63, 3.8) is 0 Å². The van der Waals surface area contributed by atoms with Gasteiger partial charge in [-0.05, 0) is 29.8 Å². The van der Waals surface area contributed by atoms with Crippen LogP contribution < -0.4 is 5.56 Å². The van der Waals surface area contributed by atoms with Gasteiger partial charge < -0.3 is 9.97 Å². The molecule has 16 heavy (non-hydrogen) atoms. The molecule has 0 aliphatic carbocycles. The first kappa shape index (κ1) is 8.97. The Morgan fingerprint density at radius 2 is 1.69 bits per heavy atom. The summed E-state index contributed by atoms with van der Waals surface area (Å²) in [6.07, 6.45) is 3.52. The quantitative estimate of drug-likeness (QED) is 0.637. The van der Waals surface area contributed by atoms with Gasteiger partial charge in [0.15, 0.2) is 0 Å². The predicted molar refractivity (Wildman–Crippen MR) is 64.4 cm³/mol. The summed E-state index contributed by atoms with van der Waals surface area (Å²) in [7, 11) is 0. The Hall–Kier alpha value is -2.29. The van der Waals surface area contributed by atoms with Crippen LogP contribution >= 0.6 is 0 Å². The molecule has 0 unspecified atom stereocenters. The Balaban J connectivity index is 2.39. The first-order chi connectivity index (χ1) is 7.86.